The molecule has 8 heteroatoms. The van der Waals surface area contributed by atoms with Gasteiger partial charge in [0.05, 0.1) is 18.5 Å². The molecule has 0 saturated heterocycles. The number of hydrogen-bond donors (Lipinski definition) is 3. The summed E-state index contributed by atoms with van der Waals surface area (Å²) >= 11 is 3.12. The maximum Gasteiger partial charge on any atom is 0.280 e. The van der Waals surface area contributed by atoms with Gasteiger partial charge in [-0.1, -0.05) is 0 Å². The molecule has 1 heterocycles. The summed E-state index contributed by atoms with van der Waals surface area (Å²) in [4.78, 5) is 22.9. The van der Waals surface area contributed by atoms with Gasteiger partial charge >= 0.3 is 0 Å². The molecule has 0 spiro atoms. The molecule has 0 saturated carbocycles. The first-order chi connectivity index (χ1) is 8.56. The number of anilines is 1. The number of carbonyl (C=O) groups excluding carboxylic acids is 1. The number of hydrogen-bond acceptors (Lipinski definition) is 5. The summed E-state index contributed by atoms with van der Waals surface area (Å²) in [6.45, 7) is 2.58. The molecule has 18 heavy (non-hydrogen) atoms. The van der Waals surface area contributed by atoms with Gasteiger partial charge in [-0.15, -0.1) is 0 Å². The van der Waals surface area contributed by atoms with E-state index < -0.39 is 6.04 Å². The molecule has 1 aromatic rings. The van der Waals surface area contributed by atoms with E-state index in [2.05, 4.69) is 36.8 Å². The highest BCUT2D eigenvalue weighted by Crippen LogP contribution is 2.16. The van der Waals surface area contributed by atoms with Crippen LogP contribution in [-0.2, 0) is 9.53 Å². The molecule has 0 aromatic carbocycles. The monoisotopic (exact) mass is 318 g/mol. The first-order valence-corrected chi connectivity index (χ1v) is 6.12. The number of carbonyl (C=O) groups is 1. The number of aromatic nitrogens is 2. The molecule has 0 aliphatic carbocycles. The van der Waals surface area contributed by atoms with E-state index in [1.807, 2.05) is 0 Å². The summed E-state index contributed by atoms with van der Waals surface area (Å²) in [7, 11) is 1.56. The summed E-state index contributed by atoms with van der Waals surface area (Å²) in [5.41, 5.74) is 0.111. The van der Waals surface area contributed by atoms with Gasteiger partial charge in [-0.2, -0.15) is 5.10 Å². The topological polar surface area (TPSA) is 96.1 Å². The number of rotatable bonds is 6. The third-order valence-corrected chi connectivity index (χ3v) is 2.95. The molecule has 1 amide bonds. The van der Waals surface area contributed by atoms with Gasteiger partial charge in [0.2, 0.25) is 5.91 Å². The lowest BCUT2D eigenvalue weighted by Gasteiger charge is -2.15. The van der Waals surface area contributed by atoms with Crippen molar-refractivity contribution in [3.05, 3.63) is 21.0 Å². The van der Waals surface area contributed by atoms with Crippen LogP contribution in [0.5, 0.6) is 0 Å². The third-order valence-electron chi connectivity index (χ3n) is 2.17. The predicted octanol–water partition coefficient (Wildman–Crippen LogP) is 0.0954. The second-order valence-electron chi connectivity index (χ2n) is 3.58. The van der Waals surface area contributed by atoms with E-state index >= 15 is 0 Å². The first kappa shape index (κ1) is 14.7. The lowest BCUT2D eigenvalue weighted by molar-refractivity contribution is -0.121. The largest absolute Gasteiger partial charge is 0.383 e. The summed E-state index contributed by atoms with van der Waals surface area (Å²) in [5, 5.41) is 11.5. The average Bonchev–Trinajstić information content (AvgIpc) is 2.35. The number of methoxy groups -OCH3 is 1. The molecule has 100 valence electrons. The second kappa shape index (κ2) is 7.12. The smallest absolute Gasteiger partial charge is 0.280 e. The summed E-state index contributed by atoms with van der Waals surface area (Å²) in [5.74, 6) is -0.181. The van der Waals surface area contributed by atoms with Gasteiger partial charge < -0.3 is 15.4 Å². The van der Waals surface area contributed by atoms with Crippen LogP contribution in [0, 0.1) is 0 Å². The van der Waals surface area contributed by atoms with Gasteiger partial charge in [-0.3, -0.25) is 9.59 Å². The van der Waals surface area contributed by atoms with Gasteiger partial charge in [0, 0.05) is 13.7 Å². The van der Waals surface area contributed by atoms with Crippen molar-refractivity contribution in [3.63, 3.8) is 0 Å². The Kier molecular flexibility index (Phi) is 5.79. The Morgan fingerprint density at radius 2 is 2.39 bits per heavy atom. The fourth-order valence-electron chi connectivity index (χ4n) is 1.21. The number of aromatic amines is 1. The van der Waals surface area contributed by atoms with E-state index in [-0.39, 0.29) is 11.5 Å². The molecular weight excluding hydrogens is 304 g/mol. The minimum atomic E-state index is -0.484. The van der Waals surface area contributed by atoms with Crippen molar-refractivity contribution in [2.75, 3.05) is 25.6 Å². The summed E-state index contributed by atoms with van der Waals surface area (Å²) in [6.07, 6.45) is 1.43. The van der Waals surface area contributed by atoms with E-state index in [9.17, 15) is 9.59 Å². The zero-order valence-electron chi connectivity index (χ0n) is 10.1. The Morgan fingerprint density at radius 3 is 3.06 bits per heavy atom. The molecule has 1 atom stereocenters. The van der Waals surface area contributed by atoms with Gasteiger partial charge in [0.15, 0.2) is 0 Å². The molecule has 0 aliphatic heterocycles. The highest BCUT2D eigenvalue weighted by atomic mass is 79.9. The Bertz CT molecular complexity index is 463. The summed E-state index contributed by atoms with van der Waals surface area (Å²) in [6, 6.07) is -0.484. The minimum Gasteiger partial charge on any atom is -0.383 e. The number of halogens is 1. The van der Waals surface area contributed by atoms with Crippen molar-refractivity contribution in [3.8, 4) is 0 Å². The normalized spacial score (nSPS) is 11.9. The number of nitrogens with one attached hydrogen (secondary N) is 3. The Balaban J connectivity index is 2.58. The van der Waals surface area contributed by atoms with Crippen molar-refractivity contribution in [1.29, 1.82) is 0 Å². The molecule has 0 radical (unpaired) electrons. The van der Waals surface area contributed by atoms with Crippen LogP contribution in [0.3, 0.4) is 0 Å². The SMILES string of the molecule is COCCNC(=O)C(C)Nc1cn[nH]c(=O)c1Br. The quantitative estimate of drug-likeness (QED) is 0.646. The van der Waals surface area contributed by atoms with Crippen LogP contribution >= 0.6 is 15.9 Å². The lowest BCUT2D eigenvalue weighted by Crippen LogP contribution is -2.39. The molecule has 0 aliphatic rings. The van der Waals surface area contributed by atoms with Crippen LogP contribution in [0.1, 0.15) is 6.92 Å². The average molecular weight is 319 g/mol. The van der Waals surface area contributed by atoms with Crippen LogP contribution < -0.4 is 16.2 Å². The van der Waals surface area contributed by atoms with Crippen LogP contribution in [0.2, 0.25) is 0 Å². The van der Waals surface area contributed by atoms with E-state index in [1.54, 1.807) is 14.0 Å². The Morgan fingerprint density at radius 1 is 1.67 bits per heavy atom. The van der Waals surface area contributed by atoms with Gasteiger partial charge in [-0.05, 0) is 22.9 Å². The fourth-order valence-corrected chi connectivity index (χ4v) is 1.52. The minimum absolute atomic E-state index is 0.181. The fraction of sp³-hybridized carbons (Fsp3) is 0.500. The lowest BCUT2D eigenvalue weighted by atomic mass is 10.3. The first-order valence-electron chi connectivity index (χ1n) is 5.32. The van der Waals surface area contributed by atoms with Crippen LogP contribution in [0.4, 0.5) is 5.69 Å². The van der Waals surface area contributed by atoms with Crippen LogP contribution in [-0.4, -0.2) is 42.4 Å². The van der Waals surface area contributed by atoms with E-state index in [1.165, 1.54) is 6.20 Å². The van der Waals surface area contributed by atoms with E-state index in [0.29, 0.717) is 23.3 Å². The van der Waals surface area contributed by atoms with E-state index in [0.717, 1.165) is 0 Å². The van der Waals surface area contributed by atoms with Crippen molar-refractivity contribution in [1.82, 2.24) is 15.5 Å². The molecule has 7 nitrogen and oxygen atoms in total. The molecule has 1 aromatic heterocycles. The summed E-state index contributed by atoms with van der Waals surface area (Å²) < 4.78 is 5.14. The van der Waals surface area contributed by atoms with Gasteiger partial charge in [0.25, 0.3) is 5.56 Å². The Hall–Kier alpha value is -1.41. The van der Waals surface area contributed by atoms with Crippen molar-refractivity contribution in [2.24, 2.45) is 0 Å². The molecule has 1 rings (SSSR count). The highest BCUT2D eigenvalue weighted by molar-refractivity contribution is 9.10. The zero-order chi connectivity index (χ0) is 13.5. The molecular formula is C10H15BrN4O3. The maximum absolute atomic E-state index is 11.7. The van der Waals surface area contributed by atoms with Crippen LogP contribution in [0.25, 0.3) is 0 Å². The van der Waals surface area contributed by atoms with Crippen LogP contribution in [0.15, 0.2) is 15.5 Å². The van der Waals surface area contributed by atoms with E-state index in [4.69, 9.17) is 4.74 Å². The number of H-pyrrole nitrogens is 1. The molecule has 3 N–H and O–H groups in total. The van der Waals surface area contributed by atoms with Gasteiger partial charge in [0.1, 0.15) is 10.5 Å². The molecule has 0 bridgehead atoms. The maximum atomic E-state index is 11.7. The highest BCUT2D eigenvalue weighted by Gasteiger charge is 2.14. The predicted molar refractivity (Wildman–Crippen MR) is 70.5 cm³/mol. The zero-order valence-corrected chi connectivity index (χ0v) is 11.7. The molecule has 1 unspecified atom stereocenters. The van der Waals surface area contributed by atoms with Gasteiger partial charge in [-0.25, -0.2) is 5.10 Å². The van der Waals surface area contributed by atoms with Crippen molar-refractivity contribution in [2.45, 2.75) is 13.0 Å². The van der Waals surface area contributed by atoms with Crippen molar-refractivity contribution < 1.29 is 9.53 Å². The second-order valence-corrected chi connectivity index (χ2v) is 4.37. The number of amides is 1. The molecule has 0 fully saturated rings. The number of nitrogens with zero attached hydrogens (tertiary/aromatic N) is 1. The third kappa shape index (κ3) is 4.11. The van der Waals surface area contributed by atoms with Crippen molar-refractivity contribution >= 4 is 27.5 Å². The number of ether oxygens (including phenoxy) is 1. The Labute approximate surface area is 112 Å². The standard InChI is InChI=1S/C10H15BrN4O3/c1-6(9(16)12-3-4-18-2)14-7-5-13-15-10(17)8(7)11/h5-6H,3-4H2,1-2H3,(H,12,16)(H2,14,15,17).